The molecule has 1 aliphatic carbocycles. The number of ether oxygens (including phenoxy) is 1. The van der Waals surface area contributed by atoms with Gasteiger partial charge in [0.05, 0.1) is 18.2 Å². The largest absolute Gasteiger partial charge is 0.465 e. The maximum Gasteiger partial charge on any atom is 0.343 e. The quantitative estimate of drug-likeness (QED) is 0.758. The Morgan fingerprint density at radius 3 is 2.93 bits per heavy atom. The summed E-state index contributed by atoms with van der Waals surface area (Å²) in [5.74, 6) is -0.292. The third kappa shape index (κ3) is 1.61. The van der Waals surface area contributed by atoms with E-state index in [1.54, 1.807) is 0 Å². The van der Waals surface area contributed by atoms with E-state index in [-0.39, 0.29) is 22.5 Å². The monoisotopic (exact) mass is 374 g/mol. The fourth-order valence-electron chi connectivity index (χ4n) is 6.35. The van der Waals surface area contributed by atoms with Crippen LogP contribution in [-0.2, 0) is 10.2 Å². The number of methoxy groups -OCH3 is 1. The van der Waals surface area contributed by atoms with Crippen molar-refractivity contribution in [1.29, 1.82) is 0 Å². The number of aromatic nitrogens is 1. The molecule has 0 saturated carbocycles. The lowest BCUT2D eigenvalue weighted by Crippen LogP contribution is -2.49. The molecule has 5 heteroatoms. The molecule has 0 radical (unpaired) electrons. The molecule has 4 heterocycles. The summed E-state index contributed by atoms with van der Waals surface area (Å²) in [4.78, 5) is 28.4. The Labute approximate surface area is 163 Å². The molecule has 5 nitrogen and oxygen atoms in total. The molecule has 3 aliphatic heterocycles. The predicted octanol–water partition coefficient (Wildman–Crippen LogP) is 3.09. The van der Waals surface area contributed by atoms with Crippen molar-refractivity contribution in [1.82, 2.24) is 9.47 Å². The van der Waals surface area contributed by atoms with Crippen molar-refractivity contribution in [2.45, 2.75) is 43.6 Å². The van der Waals surface area contributed by atoms with Crippen LogP contribution in [0.15, 0.2) is 46.9 Å². The molecular formula is C23H22N2O3. The fourth-order valence-corrected chi connectivity index (χ4v) is 6.35. The van der Waals surface area contributed by atoms with E-state index in [9.17, 15) is 9.59 Å². The van der Waals surface area contributed by atoms with Crippen LogP contribution in [0.1, 0.15) is 59.3 Å². The minimum absolute atomic E-state index is 0.141. The Morgan fingerprint density at radius 2 is 2.14 bits per heavy atom. The number of benzene rings is 1. The molecule has 2 bridgehead atoms. The molecule has 1 aromatic heterocycles. The van der Waals surface area contributed by atoms with Gasteiger partial charge in [-0.1, -0.05) is 25.1 Å². The molecule has 1 aromatic carbocycles. The Bertz CT molecular complexity index is 1150. The molecule has 0 amide bonds. The van der Waals surface area contributed by atoms with E-state index in [2.05, 4.69) is 30.2 Å². The SMILES string of the molecule is CCC1=CN2CC[C@]34c5ccccc5-n5c3c(cc(C(=O)OC)c5=O)[C@H]1C[C@H]24. The van der Waals surface area contributed by atoms with Gasteiger partial charge in [0, 0.05) is 24.2 Å². The second-order valence-electron chi connectivity index (χ2n) is 8.33. The fraction of sp³-hybridized carbons (Fsp3) is 0.391. The number of pyridine rings is 1. The Morgan fingerprint density at radius 1 is 1.32 bits per heavy atom. The van der Waals surface area contributed by atoms with Crippen LogP contribution in [0.5, 0.6) is 0 Å². The van der Waals surface area contributed by atoms with Crippen molar-refractivity contribution >= 4 is 5.97 Å². The molecule has 6 rings (SSSR count). The molecule has 1 spiro atoms. The average Bonchev–Trinajstić information content (AvgIpc) is 3.27. The van der Waals surface area contributed by atoms with Gasteiger partial charge in [-0.15, -0.1) is 0 Å². The summed E-state index contributed by atoms with van der Waals surface area (Å²) in [5, 5.41) is 0. The van der Waals surface area contributed by atoms with Gasteiger partial charge in [0.15, 0.2) is 0 Å². The lowest BCUT2D eigenvalue weighted by molar-refractivity contribution is 0.0598. The number of hydrogen-bond donors (Lipinski definition) is 0. The topological polar surface area (TPSA) is 51.5 Å². The highest BCUT2D eigenvalue weighted by Gasteiger charge is 2.60. The zero-order chi connectivity index (χ0) is 19.2. The maximum atomic E-state index is 13.4. The summed E-state index contributed by atoms with van der Waals surface area (Å²) in [6, 6.07) is 10.4. The van der Waals surface area contributed by atoms with E-state index < -0.39 is 5.97 Å². The van der Waals surface area contributed by atoms with E-state index in [4.69, 9.17) is 4.74 Å². The first-order valence-corrected chi connectivity index (χ1v) is 10.1. The van der Waals surface area contributed by atoms with Gasteiger partial charge in [-0.25, -0.2) is 4.79 Å². The number of hydrogen-bond acceptors (Lipinski definition) is 4. The van der Waals surface area contributed by atoms with Gasteiger partial charge in [-0.3, -0.25) is 9.36 Å². The lowest BCUT2D eigenvalue weighted by atomic mass is 9.61. The van der Waals surface area contributed by atoms with Gasteiger partial charge in [0.2, 0.25) is 0 Å². The van der Waals surface area contributed by atoms with Crippen molar-refractivity contribution in [3.8, 4) is 5.69 Å². The number of allylic oxidation sites excluding steroid dienone is 1. The summed E-state index contributed by atoms with van der Waals surface area (Å²) >= 11 is 0. The number of fused-ring (bicyclic) bond motifs is 4. The van der Waals surface area contributed by atoms with Crippen molar-refractivity contribution in [3.63, 3.8) is 0 Å². The molecular weight excluding hydrogens is 352 g/mol. The molecule has 4 aliphatic rings. The lowest BCUT2D eigenvalue weighted by Gasteiger charge is -2.47. The number of carbonyl (C=O) groups is 1. The number of para-hydroxylation sites is 1. The van der Waals surface area contributed by atoms with Crippen LogP contribution >= 0.6 is 0 Å². The van der Waals surface area contributed by atoms with Gasteiger partial charge in [-0.2, -0.15) is 0 Å². The number of nitrogens with zero attached hydrogens (tertiary/aromatic N) is 2. The van der Waals surface area contributed by atoms with E-state index in [0.29, 0.717) is 6.04 Å². The molecule has 0 N–H and O–H groups in total. The van der Waals surface area contributed by atoms with Gasteiger partial charge in [-0.05, 0) is 54.3 Å². The van der Waals surface area contributed by atoms with E-state index in [1.807, 2.05) is 22.8 Å². The van der Waals surface area contributed by atoms with Crippen LogP contribution in [0, 0.1) is 0 Å². The molecule has 142 valence electrons. The molecule has 2 aromatic rings. The Hall–Kier alpha value is -2.82. The van der Waals surface area contributed by atoms with E-state index in [0.717, 1.165) is 42.8 Å². The van der Waals surface area contributed by atoms with Crippen LogP contribution in [0.3, 0.4) is 0 Å². The van der Waals surface area contributed by atoms with E-state index >= 15 is 0 Å². The molecule has 3 atom stereocenters. The van der Waals surface area contributed by atoms with Gasteiger partial charge in [0.1, 0.15) is 5.56 Å². The maximum absolute atomic E-state index is 13.4. The minimum Gasteiger partial charge on any atom is -0.465 e. The predicted molar refractivity (Wildman–Crippen MR) is 105 cm³/mol. The standard InChI is InChI=1S/C23H22N2O3/c1-3-13-12-24-9-8-23-17-6-4-5-7-18(17)25-20(23)15(14(13)11-19(23)24)10-16(21(25)26)22(27)28-2/h4-7,10,12,14,19H,3,8-9,11H2,1-2H3/t14-,19-,23+/m0/s1. The molecule has 0 unspecified atom stereocenters. The molecule has 1 saturated heterocycles. The van der Waals surface area contributed by atoms with Crippen LogP contribution < -0.4 is 5.56 Å². The highest BCUT2D eigenvalue weighted by Crippen LogP contribution is 2.61. The molecule has 1 fully saturated rings. The van der Waals surface area contributed by atoms with Crippen molar-refractivity contribution in [3.05, 3.63) is 74.8 Å². The van der Waals surface area contributed by atoms with Crippen LogP contribution in [0.4, 0.5) is 0 Å². The number of esters is 1. The summed E-state index contributed by atoms with van der Waals surface area (Å²) < 4.78 is 6.78. The third-order valence-electron chi connectivity index (χ3n) is 7.44. The third-order valence-corrected chi connectivity index (χ3v) is 7.44. The summed E-state index contributed by atoms with van der Waals surface area (Å²) in [5.41, 5.74) is 5.54. The highest BCUT2D eigenvalue weighted by atomic mass is 16.5. The number of rotatable bonds is 2. The van der Waals surface area contributed by atoms with E-state index in [1.165, 1.54) is 18.2 Å². The van der Waals surface area contributed by atoms with Gasteiger partial charge in [0.25, 0.3) is 5.56 Å². The zero-order valence-corrected chi connectivity index (χ0v) is 16.1. The summed E-state index contributed by atoms with van der Waals surface area (Å²) in [7, 11) is 1.34. The first kappa shape index (κ1) is 16.2. The molecule has 28 heavy (non-hydrogen) atoms. The van der Waals surface area contributed by atoms with Crippen molar-refractivity contribution in [2.24, 2.45) is 0 Å². The van der Waals surface area contributed by atoms with Crippen molar-refractivity contribution < 1.29 is 9.53 Å². The first-order valence-electron chi connectivity index (χ1n) is 10.1. The Balaban J connectivity index is 1.78. The normalized spacial score (nSPS) is 27.9. The number of carbonyl (C=O) groups excluding carboxylic acids is 1. The van der Waals surface area contributed by atoms with Crippen LogP contribution in [0.25, 0.3) is 5.69 Å². The zero-order valence-electron chi connectivity index (χ0n) is 16.1. The van der Waals surface area contributed by atoms with Crippen LogP contribution in [0.2, 0.25) is 0 Å². The summed E-state index contributed by atoms with van der Waals surface area (Å²) in [6.45, 7) is 3.19. The van der Waals surface area contributed by atoms with Gasteiger partial charge >= 0.3 is 5.97 Å². The van der Waals surface area contributed by atoms with Crippen molar-refractivity contribution in [2.75, 3.05) is 13.7 Å². The minimum atomic E-state index is -0.553. The smallest absolute Gasteiger partial charge is 0.343 e. The second kappa shape index (κ2) is 5.16. The Kier molecular flexibility index (Phi) is 2.98. The summed E-state index contributed by atoms with van der Waals surface area (Å²) in [6.07, 6.45) is 5.36. The highest BCUT2D eigenvalue weighted by molar-refractivity contribution is 5.90. The average molecular weight is 374 g/mol. The van der Waals surface area contributed by atoms with Gasteiger partial charge < -0.3 is 9.64 Å². The first-order chi connectivity index (χ1) is 13.6. The second-order valence-corrected chi connectivity index (χ2v) is 8.33. The van der Waals surface area contributed by atoms with Crippen LogP contribution in [-0.4, -0.2) is 35.1 Å².